The van der Waals surface area contributed by atoms with Crippen LogP contribution < -0.4 is 5.32 Å². The van der Waals surface area contributed by atoms with Gasteiger partial charge in [-0.2, -0.15) is 10.4 Å². The van der Waals surface area contributed by atoms with Crippen LogP contribution in [-0.4, -0.2) is 19.9 Å². The van der Waals surface area contributed by atoms with Crippen molar-refractivity contribution in [3.63, 3.8) is 0 Å². The van der Waals surface area contributed by atoms with Crippen molar-refractivity contribution in [2.45, 2.75) is 25.1 Å². The van der Waals surface area contributed by atoms with Gasteiger partial charge in [0.1, 0.15) is 6.23 Å². The number of aromatic amines is 1. The van der Waals surface area contributed by atoms with Crippen molar-refractivity contribution in [3.05, 3.63) is 83.8 Å². The van der Waals surface area contributed by atoms with Gasteiger partial charge in [0.2, 0.25) is 0 Å². The van der Waals surface area contributed by atoms with Gasteiger partial charge in [-0.3, -0.25) is 5.32 Å². The molecule has 1 fully saturated rings. The lowest BCUT2D eigenvalue weighted by Gasteiger charge is -2.21. The molecule has 2 aromatic carbocycles. The Morgan fingerprint density at radius 1 is 1.28 bits per heavy atom. The molecule has 6 heteroatoms. The average molecular weight is 383 g/mol. The molecule has 144 valence electrons. The van der Waals surface area contributed by atoms with Crippen molar-refractivity contribution < 1.29 is 5.11 Å². The fourth-order valence-electron chi connectivity index (χ4n) is 4.08. The van der Waals surface area contributed by atoms with Gasteiger partial charge in [0.05, 0.1) is 34.7 Å². The second-order valence-corrected chi connectivity index (χ2v) is 7.77. The van der Waals surface area contributed by atoms with E-state index in [0.29, 0.717) is 17.2 Å². The predicted molar refractivity (Wildman–Crippen MR) is 110 cm³/mol. The van der Waals surface area contributed by atoms with Gasteiger partial charge in [-0.15, -0.1) is 0 Å². The normalized spacial score (nSPS) is 21.8. The standard InChI is InChI=1S/C23H21N5O/c1-15-11-23(15,18-13-25-28(14-18)19-5-3-2-4-6-19)27-22(29)21-10-17-9-16(12-24)7-8-20(17)26-21/h2-10,13-15,22,26-27,29H,11H2,1H3/t15-,22?,23-/m0/s1. The molecule has 0 aliphatic heterocycles. The van der Waals surface area contributed by atoms with Crippen molar-refractivity contribution in [1.29, 1.82) is 5.26 Å². The Hall–Kier alpha value is -3.40. The molecule has 3 atom stereocenters. The number of hydrogen-bond donors (Lipinski definition) is 3. The maximum absolute atomic E-state index is 10.9. The number of aromatic nitrogens is 3. The zero-order valence-corrected chi connectivity index (χ0v) is 16.0. The van der Waals surface area contributed by atoms with Crippen LogP contribution in [0.25, 0.3) is 16.6 Å². The molecule has 2 aromatic heterocycles. The second kappa shape index (κ2) is 6.59. The number of fused-ring (bicyclic) bond motifs is 1. The van der Waals surface area contributed by atoms with E-state index in [1.54, 1.807) is 6.07 Å². The van der Waals surface area contributed by atoms with Crippen molar-refractivity contribution in [1.82, 2.24) is 20.1 Å². The van der Waals surface area contributed by atoms with E-state index in [2.05, 4.69) is 28.4 Å². The molecule has 4 aromatic rings. The van der Waals surface area contributed by atoms with E-state index >= 15 is 0 Å². The quantitative estimate of drug-likeness (QED) is 0.458. The Labute approximate surface area is 168 Å². The number of benzene rings is 2. The number of aliphatic hydroxyl groups is 1. The monoisotopic (exact) mass is 383 g/mol. The van der Waals surface area contributed by atoms with Crippen LogP contribution in [0, 0.1) is 17.2 Å². The highest BCUT2D eigenvalue weighted by Gasteiger charge is 2.54. The van der Waals surface area contributed by atoms with Gasteiger partial charge in [-0.25, -0.2) is 4.68 Å². The summed E-state index contributed by atoms with van der Waals surface area (Å²) < 4.78 is 1.86. The Kier molecular flexibility index (Phi) is 4.02. The highest BCUT2D eigenvalue weighted by Crippen LogP contribution is 2.52. The molecule has 1 saturated carbocycles. The summed E-state index contributed by atoms with van der Waals surface area (Å²) in [6.07, 6.45) is 3.99. The Bertz CT molecular complexity index is 1220. The van der Waals surface area contributed by atoms with Gasteiger partial charge < -0.3 is 10.1 Å². The fourth-order valence-corrected chi connectivity index (χ4v) is 4.08. The molecule has 1 aliphatic rings. The van der Waals surface area contributed by atoms with Crippen molar-refractivity contribution in [2.75, 3.05) is 0 Å². The number of nitrogens with one attached hydrogen (secondary N) is 2. The molecule has 0 bridgehead atoms. The summed E-state index contributed by atoms with van der Waals surface area (Å²) in [6.45, 7) is 2.17. The SMILES string of the molecule is C[C@H]1C[C@@]1(NC(O)c1cc2cc(C#N)ccc2[nH]1)c1cnn(-c2ccccc2)c1. The molecule has 1 unspecified atom stereocenters. The first-order valence-corrected chi connectivity index (χ1v) is 9.68. The van der Waals surface area contributed by atoms with Crippen LogP contribution in [-0.2, 0) is 5.54 Å². The van der Waals surface area contributed by atoms with E-state index in [1.165, 1.54) is 0 Å². The summed E-state index contributed by atoms with van der Waals surface area (Å²) in [5.74, 6) is 0.389. The molecule has 0 spiro atoms. The topological polar surface area (TPSA) is 89.7 Å². The van der Waals surface area contributed by atoms with Crippen LogP contribution in [0.1, 0.15) is 36.4 Å². The van der Waals surface area contributed by atoms with Gasteiger partial charge >= 0.3 is 0 Å². The zero-order chi connectivity index (χ0) is 20.0. The molecule has 29 heavy (non-hydrogen) atoms. The third kappa shape index (κ3) is 3.01. The average Bonchev–Trinajstić information content (AvgIpc) is 3.13. The predicted octanol–water partition coefficient (Wildman–Crippen LogP) is 3.74. The number of H-pyrrole nitrogens is 1. The van der Waals surface area contributed by atoms with Gasteiger partial charge in [-0.1, -0.05) is 25.1 Å². The van der Waals surface area contributed by atoms with Crippen LogP contribution in [0.15, 0.2) is 67.0 Å². The molecular formula is C23H21N5O. The molecule has 6 nitrogen and oxygen atoms in total. The Balaban J connectivity index is 1.41. The molecule has 2 heterocycles. The maximum atomic E-state index is 10.9. The first-order chi connectivity index (χ1) is 14.1. The van der Waals surface area contributed by atoms with Crippen molar-refractivity contribution in [3.8, 4) is 11.8 Å². The van der Waals surface area contributed by atoms with E-state index in [0.717, 1.165) is 28.6 Å². The number of rotatable bonds is 5. The molecule has 0 amide bonds. The van der Waals surface area contributed by atoms with E-state index in [9.17, 15) is 5.11 Å². The minimum atomic E-state index is -0.849. The number of para-hydroxylation sites is 1. The van der Waals surface area contributed by atoms with E-state index in [-0.39, 0.29) is 5.54 Å². The molecular weight excluding hydrogens is 362 g/mol. The summed E-state index contributed by atoms with van der Waals surface area (Å²) in [7, 11) is 0. The van der Waals surface area contributed by atoms with E-state index in [1.807, 2.05) is 65.6 Å². The number of nitriles is 1. The maximum Gasteiger partial charge on any atom is 0.146 e. The van der Waals surface area contributed by atoms with Crippen LogP contribution >= 0.6 is 0 Å². The minimum Gasteiger partial charge on any atom is -0.373 e. The Morgan fingerprint density at radius 3 is 2.79 bits per heavy atom. The lowest BCUT2D eigenvalue weighted by atomic mass is 10.1. The minimum absolute atomic E-state index is 0.304. The molecule has 3 N–H and O–H groups in total. The third-order valence-electron chi connectivity index (χ3n) is 5.89. The van der Waals surface area contributed by atoms with E-state index < -0.39 is 6.23 Å². The fraction of sp³-hybridized carbons (Fsp3) is 0.217. The summed E-state index contributed by atoms with van der Waals surface area (Å²) in [5.41, 5.74) is 3.95. The van der Waals surface area contributed by atoms with Crippen LogP contribution in [0.2, 0.25) is 0 Å². The summed E-state index contributed by atoms with van der Waals surface area (Å²) in [6, 6.07) is 19.5. The van der Waals surface area contributed by atoms with Crippen molar-refractivity contribution in [2.24, 2.45) is 5.92 Å². The first-order valence-electron chi connectivity index (χ1n) is 9.68. The lowest BCUT2D eigenvalue weighted by Crippen LogP contribution is -2.34. The number of nitrogens with zero attached hydrogens (tertiary/aromatic N) is 3. The van der Waals surface area contributed by atoms with Crippen LogP contribution in [0.5, 0.6) is 0 Å². The highest BCUT2D eigenvalue weighted by atomic mass is 16.3. The first kappa shape index (κ1) is 17.7. The second-order valence-electron chi connectivity index (χ2n) is 7.77. The lowest BCUT2D eigenvalue weighted by molar-refractivity contribution is 0.111. The molecule has 0 radical (unpaired) electrons. The van der Waals surface area contributed by atoms with Crippen LogP contribution in [0.3, 0.4) is 0 Å². The molecule has 1 aliphatic carbocycles. The number of hydrogen-bond acceptors (Lipinski definition) is 4. The van der Waals surface area contributed by atoms with Gasteiger partial charge in [-0.05, 0) is 48.7 Å². The highest BCUT2D eigenvalue weighted by molar-refractivity contribution is 5.81. The Morgan fingerprint density at radius 2 is 2.07 bits per heavy atom. The largest absolute Gasteiger partial charge is 0.373 e. The third-order valence-corrected chi connectivity index (χ3v) is 5.89. The molecule has 0 saturated heterocycles. The van der Waals surface area contributed by atoms with E-state index in [4.69, 9.17) is 5.26 Å². The number of aliphatic hydroxyl groups excluding tert-OH is 1. The van der Waals surface area contributed by atoms with Gasteiger partial charge in [0, 0.05) is 22.7 Å². The van der Waals surface area contributed by atoms with Crippen LogP contribution in [0.4, 0.5) is 0 Å². The molecule has 5 rings (SSSR count). The van der Waals surface area contributed by atoms with Crippen molar-refractivity contribution >= 4 is 10.9 Å². The summed E-state index contributed by atoms with van der Waals surface area (Å²) in [5, 5.41) is 28.8. The summed E-state index contributed by atoms with van der Waals surface area (Å²) >= 11 is 0. The smallest absolute Gasteiger partial charge is 0.146 e. The summed E-state index contributed by atoms with van der Waals surface area (Å²) in [4.78, 5) is 3.25. The van der Waals surface area contributed by atoms with Gasteiger partial charge in [0.15, 0.2) is 0 Å². The zero-order valence-electron chi connectivity index (χ0n) is 16.0. The van der Waals surface area contributed by atoms with Gasteiger partial charge in [0.25, 0.3) is 0 Å².